The van der Waals surface area contributed by atoms with Crippen molar-refractivity contribution in [2.75, 3.05) is 13.2 Å². The Morgan fingerprint density at radius 3 is 2.75 bits per heavy atom. The van der Waals surface area contributed by atoms with Gasteiger partial charge in [0.2, 0.25) is 0 Å². The zero-order valence-corrected chi connectivity index (χ0v) is 12.4. The van der Waals surface area contributed by atoms with Crippen LogP contribution >= 0.6 is 0 Å². The lowest BCUT2D eigenvalue weighted by Gasteiger charge is -2.16. The summed E-state index contributed by atoms with van der Waals surface area (Å²) in [6.07, 6.45) is 1.87. The third-order valence-corrected chi connectivity index (χ3v) is 3.16. The molecule has 0 unspecified atom stereocenters. The number of hydrogen-bond donors (Lipinski definition) is 1. The van der Waals surface area contributed by atoms with E-state index in [2.05, 4.69) is 62.1 Å². The molecule has 0 fully saturated rings. The lowest BCUT2D eigenvalue weighted by molar-refractivity contribution is 0.268. The number of benzene rings is 2. The smallest absolute Gasteiger partial charge is 0.124 e. The van der Waals surface area contributed by atoms with E-state index in [1.807, 2.05) is 6.08 Å². The van der Waals surface area contributed by atoms with Gasteiger partial charge in [0.15, 0.2) is 0 Å². The zero-order valence-electron chi connectivity index (χ0n) is 12.4. The van der Waals surface area contributed by atoms with Crippen molar-refractivity contribution in [1.29, 1.82) is 0 Å². The molecule has 0 spiro atoms. The van der Waals surface area contributed by atoms with Crippen LogP contribution in [0.15, 0.2) is 49.1 Å². The summed E-state index contributed by atoms with van der Waals surface area (Å²) in [5, 5.41) is 5.88. The zero-order chi connectivity index (χ0) is 14.4. The molecule has 0 aliphatic rings. The topological polar surface area (TPSA) is 21.3 Å². The van der Waals surface area contributed by atoms with E-state index in [9.17, 15) is 0 Å². The molecule has 0 saturated carbocycles. The van der Waals surface area contributed by atoms with E-state index in [1.54, 1.807) is 0 Å². The standard InChI is InChI=1S/C18H23NO/c1-4-11-19-12-17-16-8-6-5-7-15(16)9-10-18(17)20-13-14(2)3/h4-10,14,19H,1,11-13H2,2-3H3. The van der Waals surface area contributed by atoms with Crippen LogP contribution in [0.5, 0.6) is 5.75 Å². The maximum absolute atomic E-state index is 5.97. The summed E-state index contributed by atoms with van der Waals surface area (Å²) < 4.78 is 5.97. The lowest BCUT2D eigenvalue weighted by Crippen LogP contribution is -2.15. The SMILES string of the molecule is C=CCNCc1c(OCC(C)C)ccc2ccccc12. The van der Waals surface area contributed by atoms with E-state index >= 15 is 0 Å². The predicted octanol–water partition coefficient (Wildman–Crippen LogP) is 4.15. The Morgan fingerprint density at radius 2 is 2.00 bits per heavy atom. The van der Waals surface area contributed by atoms with Gasteiger partial charge in [0.05, 0.1) is 6.61 Å². The van der Waals surface area contributed by atoms with Gasteiger partial charge in [0.25, 0.3) is 0 Å². The van der Waals surface area contributed by atoms with Crippen molar-refractivity contribution in [2.45, 2.75) is 20.4 Å². The summed E-state index contributed by atoms with van der Waals surface area (Å²) in [5.41, 5.74) is 1.23. The van der Waals surface area contributed by atoms with Crippen LogP contribution in [0.1, 0.15) is 19.4 Å². The monoisotopic (exact) mass is 269 g/mol. The third kappa shape index (κ3) is 3.61. The fourth-order valence-corrected chi connectivity index (χ4v) is 2.19. The minimum atomic E-state index is 0.524. The van der Waals surface area contributed by atoms with E-state index in [0.29, 0.717) is 5.92 Å². The average Bonchev–Trinajstić information content (AvgIpc) is 2.46. The highest BCUT2D eigenvalue weighted by Gasteiger charge is 2.09. The van der Waals surface area contributed by atoms with Crippen LogP contribution in [-0.2, 0) is 6.54 Å². The van der Waals surface area contributed by atoms with Crippen LogP contribution in [0.4, 0.5) is 0 Å². The Hall–Kier alpha value is -1.80. The molecule has 0 bridgehead atoms. The summed E-state index contributed by atoms with van der Waals surface area (Å²) in [6, 6.07) is 12.6. The molecule has 2 rings (SSSR count). The number of hydrogen-bond acceptors (Lipinski definition) is 2. The largest absolute Gasteiger partial charge is 0.493 e. The van der Waals surface area contributed by atoms with E-state index in [0.717, 1.165) is 25.4 Å². The maximum Gasteiger partial charge on any atom is 0.124 e. The second-order valence-corrected chi connectivity index (χ2v) is 5.39. The number of nitrogens with one attached hydrogen (secondary N) is 1. The molecular formula is C18H23NO. The van der Waals surface area contributed by atoms with Crippen molar-refractivity contribution in [2.24, 2.45) is 5.92 Å². The molecule has 0 heterocycles. The lowest BCUT2D eigenvalue weighted by atomic mass is 10.0. The molecule has 0 saturated heterocycles. The van der Waals surface area contributed by atoms with Crippen LogP contribution in [0.3, 0.4) is 0 Å². The van der Waals surface area contributed by atoms with E-state index in [1.165, 1.54) is 16.3 Å². The van der Waals surface area contributed by atoms with Gasteiger partial charge in [0, 0.05) is 18.7 Å². The molecule has 106 valence electrons. The molecule has 0 radical (unpaired) electrons. The first-order valence-electron chi connectivity index (χ1n) is 7.17. The molecule has 0 aliphatic carbocycles. The van der Waals surface area contributed by atoms with E-state index in [-0.39, 0.29) is 0 Å². The minimum absolute atomic E-state index is 0.524. The Kier molecular flexibility index (Phi) is 5.19. The first-order valence-corrected chi connectivity index (χ1v) is 7.17. The van der Waals surface area contributed by atoms with Gasteiger partial charge in [-0.3, -0.25) is 0 Å². The van der Waals surface area contributed by atoms with Gasteiger partial charge in [0.1, 0.15) is 5.75 Å². The van der Waals surface area contributed by atoms with Crippen LogP contribution in [0.2, 0.25) is 0 Å². The second-order valence-electron chi connectivity index (χ2n) is 5.39. The quantitative estimate of drug-likeness (QED) is 0.602. The van der Waals surface area contributed by atoms with Gasteiger partial charge in [-0.1, -0.05) is 50.3 Å². The normalized spacial score (nSPS) is 10.9. The van der Waals surface area contributed by atoms with Crippen LogP contribution < -0.4 is 10.1 Å². The van der Waals surface area contributed by atoms with Crippen molar-refractivity contribution < 1.29 is 4.74 Å². The van der Waals surface area contributed by atoms with E-state index in [4.69, 9.17) is 4.74 Å². The molecule has 0 amide bonds. The number of fused-ring (bicyclic) bond motifs is 1. The summed E-state index contributed by atoms with van der Waals surface area (Å²) in [5.74, 6) is 1.50. The van der Waals surface area contributed by atoms with Crippen LogP contribution in [0, 0.1) is 5.92 Å². The van der Waals surface area contributed by atoms with Crippen molar-refractivity contribution in [3.63, 3.8) is 0 Å². The van der Waals surface area contributed by atoms with E-state index < -0.39 is 0 Å². The number of rotatable bonds is 7. The Balaban J connectivity index is 2.33. The first-order chi connectivity index (χ1) is 9.72. The highest BCUT2D eigenvalue weighted by molar-refractivity contribution is 5.87. The molecule has 2 aromatic rings. The summed E-state index contributed by atoms with van der Waals surface area (Å²) >= 11 is 0. The van der Waals surface area contributed by atoms with Crippen molar-refractivity contribution in [1.82, 2.24) is 5.32 Å². The summed E-state index contributed by atoms with van der Waals surface area (Å²) in [4.78, 5) is 0. The molecule has 0 aliphatic heterocycles. The third-order valence-electron chi connectivity index (χ3n) is 3.16. The average molecular weight is 269 g/mol. The first kappa shape index (κ1) is 14.6. The van der Waals surface area contributed by atoms with Gasteiger partial charge < -0.3 is 10.1 Å². The van der Waals surface area contributed by atoms with Gasteiger partial charge >= 0.3 is 0 Å². The van der Waals surface area contributed by atoms with Gasteiger partial charge in [-0.25, -0.2) is 0 Å². The van der Waals surface area contributed by atoms with Gasteiger partial charge in [-0.15, -0.1) is 6.58 Å². The van der Waals surface area contributed by atoms with Crippen molar-refractivity contribution in [3.8, 4) is 5.75 Å². The van der Waals surface area contributed by atoms with Gasteiger partial charge in [-0.2, -0.15) is 0 Å². The predicted molar refractivity (Wildman–Crippen MR) is 86.2 cm³/mol. The fraction of sp³-hybridized carbons (Fsp3) is 0.333. The van der Waals surface area contributed by atoms with Crippen molar-refractivity contribution >= 4 is 10.8 Å². The molecule has 2 heteroatoms. The maximum atomic E-state index is 5.97. The minimum Gasteiger partial charge on any atom is -0.493 e. The molecule has 20 heavy (non-hydrogen) atoms. The number of ether oxygens (including phenoxy) is 1. The second kappa shape index (κ2) is 7.11. The fourth-order valence-electron chi connectivity index (χ4n) is 2.19. The Morgan fingerprint density at radius 1 is 1.20 bits per heavy atom. The van der Waals surface area contributed by atoms with Gasteiger partial charge in [-0.05, 0) is 22.8 Å². The van der Waals surface area contributed by atoms with Crippen LogP contribution in [0.25, 0.3) is 10.8 Å². The molecule has 0 aromatic heterocycles. The molecule has 2 aromatic carbocycles. The Labute approximate surface area is 121 Å². The molecule has 0 atom stereocenters. The highest BCUT2D eigenvalue weighted by Crippen LogP contribution is 2.28. The summed E-state index contributed by atoms with van der Waals surface area (Å²) in [7, 11) is 0. The Bertz CT molecular complexity index is 575. The summed E-state index contributed by atoms with van der Waals surface area (Å²) in [6.45, 7) is 10.4. The van der Waals surface area contributed by atoms with Crippen LogP contribution in [-0.4, -0.2) is 13.2 Å². The van der Waals surface area contributed by atoms with Crippen molar-refractivity contribution in [3.05, 3.63) is 54.6 Å². The molecular weight excluding hydrogens is 246 g/mol. The molecule has 1 N–H and O–H groups in total. The molecule has 2 nitrogen and oxygen atoms in total. The highest BCUT2D eigenvalue weighted by atomic mass is 16.5.